The highest BCUT2D eigenvalue weighted by atomic mass is 32.2. The SMILES string of the molecule is CC1CCC(NS(=O)(=O)c2ccc(O)c(N)c2)C1. The Kier molecular flexibility index (Phi) is 3.49. The molecule has 2 atom stereocenters. The van der Waals surface area contributed by atoms with Crippen molar-refractivity contribution in [3.05, 3.63) is 18.2 Å². The van der Waals surface area contributed by atoms with Crippen LogP contribution in [-0.4, -0.2) is 19.6 Å². The van der Waals surface area contributed by atoms with Crippen LogP contribution in [0.1, 0.15) is 26.2 Å². The molecule has 0 bridgehead atoms. The van der Waals surface area contributed by atoms with Crippen LogP contribution in [0.2, 0.25) is 0 Å². The van der Waals surface area contributed by atoms with Gasteiger partial charge in [0.05, 0.1) is 10.6 Å². The summed E-state index contributed by atoms with van der Waals surface area (Å²) in [6.45, 7) is 2.12. The van der Waals surface area contributed by atoms with E-state index >= 15 is 0 Å². The molecule has 0 aliphatic heterocycles. The number of anilines is 1. The Morgan fingerprint density at radius 1 is 1.39 bits per heavy atom. The maximum atomic E-state index is 12.1. The molecule has 6 heteroatoms. The second-order valence-corrected chi connectivity index (χ2v) is 6.67. The summed E-state index contributed by atoms with van der Waals surface area (Å²) in [4.78, 5) is 0.0948. The Bertz CT molecular complexity index is 542. The van der Waals surface area contributed by atoms with E-state index in [2.05, 4.69) is 11.6 Å². The zero-order chi connectivity index (χ0) is 13.3. The number of benzene rings is 1. The van der Waals surface area contributed by atoms with Crippen LogP contribution >= 0.6 is 0 Å². The first kappa shape index (κ1) is 13.2. The number of phenolic OH excluding ortho intramolecular Hbond substituents is 1. The lowest BCUT2D eigenvalue weighted by atomic mass is 10.1. The molecule has 1 aromatic rings. The Hall–Kier alpha value is -1.27. The molecule has 18 heavy (non-hydrogen) atoms. The van der Waals surface area contributed by atoms with Crippen LogP contribution in [0.3, 0.4) is 0 Å². The minimum Gasteiger partial charge on any atom is -0.506 e. The van der Waals surface area contributed by atoms with Gasteiger partial charge in [0.2, 0.25) is 10.0 Å². The Labute approximate surface area is 107 Å². The second-order valence-electron chi connectivity index (χ2n) is 4.96. The second kappa shape index (κ2) is 4.78. The van der Waals surface area contributed by atoms with Gasteiger partial charge in [-0.05, 0) is 43.4 Å². The lowest BCUT2D eigenvalue weighted by Crippen LogP contribution is -2.32. The standard InChI is InChI=1S/C12H18N2O3S/c1-8-2-3-9(6-8)14-18(16,17)10-4-5-12(15)11(13)7-10/h4-5,7-9,14-15H,2-3,6,13H2,1H3. The average molecular weight is 270 g/mol. The molecular weight excluding hydrogens is 252 g/mol. The van der Waals surface area contributed by atoms with Crippen LogP contribution in [-0.2, 0) is 10.0 Å². The molecule has 5 nitrogen and oxygen atoms in total. The summed E-state index contributed by atoms with van der Waals surface area (Å²) in [5, 5.41) is 9.29. The van der Waals surface area contributed by atoms with Gasteiger partial charge in [-0.1, -0.05) is 6.92 Å². The Morgan fingerprint density at radius 2 is 2.11 bits per heavy atom. The summed E-state index contributed by atoms with van der Waals surface area (Å²) in [5.74, 6) is 0.450. The van der Waals surface area contributed by atoms with E-state index in [-0.39, 0.29) is 22.4 Å². The maximum absolute atomic E-state index is 12.1. The first-order valence-corrected chi connectivity index (χ1v) is 7.47. The third-order valence-electron chi connectivity index (χ3n) is 3.33. The molecule has 0 heterocycles. The largest absolute Gasteiger partial charge is 0.506 e. The average Bonchev–Trinajstić information content (AvgIpc) is 2.67. The normalized spacial score (nSPS) is 24.3. The highest BCUT2D eigenvalue weighted by molar-refractivity contribution is 7.89. The molecule has 4 N–H and O–H groups in total. The molecule has 0 radical (unpaired) electrons. The van der Waals surface area contributed by atoms with Crippen molar-refractivity contribution in [3.63, 3.8) is 0 Å². The van der Waals surface area contributed by atoms with Gasteiger partial charge in [0.25, 0.3) is 0 Å². The number of rotatable bonds is 3. The maximum Gasteiger partial charge on any atom is 0.240 e. The van der Waals surface area contributed by atoms with E-state index in [1.807, 2.05) is 0 Å². The van der Waals surface area contributed by atoms with Gasteiger partial charge in [-0.25, -0.2) is 13.1 Å². The van der Waals surface area contributed by atoms with Crippen molar-refractivity contribution >= 4 is 15.7 Å². The van der Waals surface area contributed by atoms with Crippen LogP contribution in [0.25, 0.3) is 0 Å². The number of nitrogens with two attached hydrogens (primary N) is 1. The summed E-state index contributed by atoms with van der Waals surface area (Å²) in [6, 6.07) is 3.92. The van der Waals surface area contributed by atoms with Gasteiger partial charge in [0.1, 0.15) is 5.75 Å². The highest BCUT2D eigenvalue weighted by Crippen LogP contribution is 2.27. The van der Waals surface area contributed by atoms with Gasteiger partial charge in [-0.15, -0.1) is 0 Å². The molecule has 100 valence electrons. The number of nitrogens with one attached hydrogen (secondary N) is 1. The van der Waals surface area contributed by atoms with Crippen LogP contribution in [0.4, 0.5) is 5.69 Å². The third kappa shape index (κ3) is 2.76. The van der Waals surface area contributed by atoms with E-state index in [4.69, 9.17) is 5.73 Å². The van der Waals surface area contributed by atoms with Crippen LogP contribution in [0.5, 0.6) is 5.75 Å². The lowest BCUT2D eigenvalue weighted by molar-refractivity contribution is 0.477. The predicted octanol–water partition coefficient (Wildman–Crippen LogP) is 1.44. The molecule has 0 amide bonds. The molecular formula is C12H18N2O3S. The number of hydrogen-bond acceptors (Lipinski definition) is 4. The molecule has 1 fully saturated rings. The first-order valence-electron chi connectivity index (χ1n) is 5.99. The quantitative estimate of drug-likeness (QED) is 0.572. The van der Waals surface area contributed by atoms with Gasteiger partial charge in [0, 0.05) is 6.04 Å². The Morgan fingerprint density at radius 3 is 2.67 bits per heavy atom. The summed E-state index contributed by atoms with van der Waals surface area (Å²) in [7, 11) is -3.55. The van der Waals surface area contributed by atoms with E-state index in [0.29, 0.717) is 5.92 Å². The number of aromatic hydroxyl groups is 1. The smallest absolute Gasteiger partial charge is 0.240 e. The van der Waals surface area contributed by atoms with Crippen molar-refractivity contribution in [2.75, 3.05) is 5.73 Å². The lowest BCUT2D eigenvalue weighted by Gasteiger charge is -2.13. The summed E-state index contributed by atoms with van der Waals surface area (Å²) >= 11 is 0. The minimum absolute atomic E-state index is 0.0000255. The Balaban J connectivity index is 2.17. The van der Waals surface area contributed by atoms with Crippen LogP contribution in [0, 0.1) is 5.92 Å². The van der Waals surface area contributed by atoms with Crippen molar-refractivity contribution in [1.29, 1.82) is 0 Å². The molecule has 0 saturated heterocycles. The third-order valence-corrected chi connectivity index (χ3v) is 4.84. The molecule has 1 aromatic carbocycles. The van der Waals surface area contributed by atoms with Gasteiger partial charge < -0.3 is 10.8 Å². The minimum atomic E-state index is -3.55. The molecule has 0 aromatic heterocycles. The van der Waals surface area contributed by atoms with Gasteiger partial charge in [-0.2, -0.15) is 0 Å². The highest BCUT2D eigenvalue weighted by Gasteiger charge is 2.26. The van der Waals surface area contributed by atoms with Crippen molar-refractivity contribution < 1.29 is 13.5 Å². The molecule has 1 aliphatic rings. The van der Waals surface area contributed by atoms with Crippen LogP contribution in [0.15, 0.2) is 23.1 Å². The monoisotopic (exact) mass is 270 g/mol. The van der Waals surface area contributed by atoms with Crippen molar-refractivity contribution in [2.45, 2.75) is 37.1 Å². The van der Waals surface area contributed by atoms with Crippen molar-refractivity contribution in [2.24, 2.45) is 5.92 Å². The number of hydrogen-bond donors (Lipinski definition) is 3. The fraction of sp³-hybridized carbons (Fsp3) is 0.500. The summed E-state index contributed by atoms with van der Waals surface area (Å²) < 4.78 is 26.9. The van der Waals surface area contributed by atoms with Crippen molar-refractivity contribution in [1.82, 2.24) is 4.72 Å². The zero-order valence-corrected chi connectivity index (χ0v) is 11.1. The topological polar surface area (TPSA) is 92.4 Å². The van der Waals surface area contributed by atoms with E-state index in [9.17, 15) is 13.5 Å². The van der Waals surface area contributed by atoms with E-state index in [1.165, 1.54) is 18.2 Å². The fourth-order valence-corrected chi connectivity index (χ4v) is 3.62. The number of nitrogen functional groups attached to an aromatic ring is 1. The molecule has 1 saturated carbocycles. The fourth-order valence-electron chi connectivity index (χ4n) is 2.30. The zero-order valence-electron chi connectivity index (χ0n) is 10.3. The molecule has 0 spiro atoms. The van der Waals surface area contributed by atoms with Gasteiger partial charge in [0.15, 0.2) is 0 Å². The summed E-state index contributed by atoms with van der Waals surface area (Å²) in [6.07, 6.45) is 2.78. The van der Waals surface area contributed by atoms with E-state index in [0.717, 1.165) is 19.3 Å². The number of phenols is 1. The van der Waals surface area contributed by atoms with Crippen molar-refractivity contribution in [3.8, 4) is 5.75 Å². The first-order chi connectivity index (χ1) is 8.38. The van der Waals surface area contributed by atoms with Crippen LogP contribution < -0.4 is 10.5 Å². The van der Waals surface area contributed by atoms with E-state index in [1.54, 1.807) is 0 Å². The van der Waals surface area contributed by atoms with Gasteiger partial charge in [-0.3, -0.25) is 0 Å². The molecule has 1 aliphatic carbocycles. The molecule has 2 rings (SSSR count). The number of sulfonamides is 1. The van der Waals surface area contributed by atoms with Gasteiger partial charge >= 0.3 is 0 Å². The van der Waals surface area contributed by atoms with E-state index < -0.39 is 10.0 Å². The predicted molar refractivity (Wildman–Crippen MR) is 69.6 cm³/mol. The summed E-state index contributed by atoms with van der Waals surface area (Å²) in [5.41, 5.74) is 5.57. The molecule has 2 unspecified atom stereocenters.